The molecule has 2 fully saturated rings. The number of anilines is 2. The van der Waals surface area contributed by atoms with Crippen molar-refractivity contribution in [3.8, 4) is 5.75 Å². The summed E-state index contributed by atoms with van der Waals surface area (Å²) < 4.78 is 1.69. The third-order valence-electron chi connectivity index (χ3n) is 7.90. The van der Waals surface area contributed by atoms with Gasteiger partial charge in [-0.1, -0.05) is 5.16 Å². The number of carboxylic acid groups (broad SMARTS) is 1. The minimum absolute atomic E-state index is 0.0233. The number of β-lactam (4-membered cyclic amide) rings is 1. The molecule has 7 N–H and O–H groups in total. The Bertz CT molecular complexity index is 1960. The molecule has 3 aliphatic heterocycles. The number of aliphatic carboxylic acids is 1. The van der Waals surface area contributed by atoms with Crippen molar-refractivity contribution in [3.05, 3.63) is 88.3 Å². The Balaban J connectivity index is 1.10. The van der Waals surface area contributed by atoms with E-state index in [4.69, 9.17) is 5.73 Å². The third-order valence-corrected chi connectivity index (χ3v) is 9.87. The van der Waals surface area contributed by atoms with E-state index in [0.29, 0.717) is 29.8 Å². The first-order valence-electron chi connectivity index (χ1n) is 14.7. The fourth-order valence-corrected chi connectivity index (χ4v) is 7.49. The summed E-state index contributed by atoms with van der Waals surface area (Å²) in [6.07, 6.45) is 5.38. The quantitative estimate of drug-likeness (QED) is 0.0326. The van der Waals surface area contributed by atoms with E-state index in [1.54, 1.807) is 40.1 Å². The van der Waals surface area contributed by atoms with Gasteiger partial charge in [0.15, 0.2) is 23.2 Å². The number of phenols is 1. The molecule has 0 spiro atoms. The van der Waals surface area contributed by atoms with Gasteiger partial charge in [0.25, 0.3) is 17.7 Å². The number of nitrogens with one attached hydrogen (secondary N) is 2. The third kappa shape index (κ3) is 6.95. The number of nitrogen functional groups attached to an aromatic ring is 1. The van der Waals surface area contributed by atoms with Crippen LogP contribution in [0.4, 0.5) is 10.8 Å². The monoisotopic (exact) mass is 705 g/mol. The van der Waals surface area contributed by atoms with Crippen molar-refractivity contribution in [3.63, 3.8) is 0 Å². The molecular weight excluding hydrogens is 677 g/mol. The number of benzene rings is 1. The number of hydrogen-bond acceptors (Lipinski definition) is 12. The molecule has 3 aliphatic rings. The summed E-state index contributed by atoms with van der Waals surface area (Å²) in [7, 11) is 0. The predicted molar refractivity (Wildman–Crippen MR) is 176 cm³/mol. The predicted octanol–water partition coefficient (Wildman–Crippen LogP) is 0.633. The summed E-state index contributed by atoms with van der Waals surface area (Å²) >= 11 is 2.26. The van der Waals surface area contributed by atoms with E-state index in [1.165, 1.54) is 35.4 Å². The van der Waals surface area contributed by atoms with Crippen LogP contribution in [-0.2, 0) is 37.1 Å². The standard InChI is InChI=1S/C31H28N8O8S2/c32-31-34-21(15-49-31)23(36-47)26(42)35-24-28(44)39-25(30(45)46)18(14-48-29(24)39)10-17-7-9-38(27(17)43)12-16-2-1-8-37(11-16)13-22(41)33-19-3-5-20(40)6-4-19/h1-6,8,10-11,15,24,29H,7,9,12-14H2,(H6-,32,33,34,35,36,40,41,42,45,46,47)/p+1/t24-,29-/m1/s1. The van der Waals surface area contributed by atoms with Gasteiger partial charge in [-0.15, -0.1) is 23.1 Å². The molecule has 49 heavy (non-hydrogen) atoms. The number of amides is 4. The molecule has 0 unspecified atom stereocenters. The molecule has 3 aromatic rings. The number of aromatic hydroxyl groups is 1. The normalized spacial score (nSPS) is 19.9. The van der Waals surface area contributed by atoms with Gasteiger partial charge in [0.2, 0.25) is 12.5 Å². The molecule has 0 aliphatic carbocycles. The summed E-state index contributed by atoms with van der Waals surface area (Å²) in [4.78, 5) is 70.8. The highest BCUT2D eigenvalue weighted by Gasteiger charge is 2.54. The summed E-state index contributed by atoms with van der Waals surface area (Å²) in [6.45, 7) is 0.675. The second-order valence-electron chi connectivity index (χ2n) is 11.2. The van der Waals surface area contributed by atoms with Gasteiger partial charge in [0, 0.05) is 40.6 Å². The molecule has 16 nitrogen and oxygen atoms in total. The van der Waals surface area contributed by atoms with Crippen LogP contribution in [0.1, 0.15) is 17.7 Å². The van der Waals surface area contributed by atoms with Gasteiger partial charge in [-0.25, -0.2) is 9.78 Å². The number of nitrogens with zero attached hydrogens (tertiary/aromatic N) is 5. The number of thiazole rings is 1. The van der Waals surface area contributed by atoms with Crippen LogP contribution in [0.2, 0.25) is 0 Å². The fourth-order valence-electron chi connectivity index (χ4n) is 5.63. The number of carboxylic acids is 1. The molecule has 252 valence electrons. The topological polar surface area (TPSA) is 232 Å². The van der Waals surface area contributed by atoms with Crippen molar-refractivity contribution in [2.45, 2.75) is 30.9 Å². The van der Waals surface area contributed by atoms with Crippen molar-refractivity contribution in [1.82, 2.24) is 20.1 Å². The van der Waals surface area contributed by atoms with Crippen LogP contribution >= 0.6 is 23.1 Å². The molecule has 0 bridgehead atoms. The number of nitrogens with two attached hydrogens (primary N) is 1. The van der Waals surface area contributed by atoms with Crippen molar-refractivity contribution in [1.29, 1.82) is 0 Å². The molecule has 4 amide bonds. The van der Waals surface area contributed by atoms with Crippen LogP contribution in [0.25, 0.3) is 0 Å². The SMILES string of the molecule is Nc1nc(/C(=N/O)C(=O)N[C@@H]2C(=O)N3C(C(=O)O)=C(C=C4CCN(Cc5ccc[n+](CC(=O)Nc6ccc(O)cc6)c5)C4=O)CS[C@H]23)cs1. The van der Waals surface area contributed by atoms with Gasteiger partial charge in [0.05, 0.1) is 6.54 Å². The lowest BCUT2D eigenvalue weighted by Crippen LogP contribution is -2.71. The maximum Gasteiger partial charge on any atom is 0.352 e. The van der Waals surface area contributed by atoms with Crippen molar-refractivity contribution >= 4 is 69.2 Å². The van der Waals surface area contributed by atoms with Gasteiger partial charge < -0.3 is 36.7 Å². The Kier molecular flexibility index (Phi) is 9.32. The highest BCUT2D eigenvalue weighted by Crippen LogP contribution is 2.41. The van der Waals surface area contributed by atoms with E-state index in [-0.39, 0.29) is 52.9 Å². The number of carbonyl (C=O) groups excluding carboxylic acids is 4. The second-order valence-corrected chi connectivity index (χ2v) is 13.2. The Labute approximate surface area is 286 Å². The number of likely N-dealkylation sites (tertiary alicyclic amines) is 1. The molecule has 1 aromatic carbocycles. The van der Waals surface area contributed by atoms with E-state index >= 15 is 0 Å². The van der Waals surface area contributed by atoms with Gasteiger partial charge in [-0.05, 0) is 48.4 Å². The van der Waals surface area contributed by atoms with Crippen LogP contribution in [-0.4, -0.2) is 89.2 Å². The summed E-state index contributed by atoms with van der Waals surface area (Å²) in [5.74, 6) is -3.19. The van der Waals surface area contributed by atoms with Crippen LogP contribution in [0.5, 0.6) is 5.75 Å². The Morgan fingerprint density at radius 3 is 2.65 bits per heavy atom. The van der Waals surface area contributed by atoms with Crippen LogP contribution in [0.3, 0.4) is 0 Å². The van der Waals surface area contributed by atoms with Crippen LogP contribution < -0.4 is 20.9 Å². The van der Waals surface area contributed by atoms with Crippen LogP contribution in [0, 0.1) is 0 Å². The smallest absolute Gasteiger partial charge is 0.352 e. The van der Waals surface area contributed by atoms with Crippen molar-refractivity contribution < 1.29 is 44.0 Å². The molecule has 2 aromatic heterocycles. The minimum atomic E-state index is -1.35. The average molecular weight is 706 g/mol. The van der Waals surface area contributed by atoms with Gasteiger partial charge in [-0.3, -0.25) is 24.1 Å². The number of thioether (sulfide) groups is 1. The molecule has 2 saturated heterocycles. The van der Waals surface area contributed by atoms with Gasteiger partial charge in [-0.2, -0.15) is 4.57 Å². The number of aromatic nitrogens is 2. The largest absolute Gasteiger partial charge is 0.508 e. The lowest BCUT2D eigenvalue weighted by molar-refractivity contribution is -0.684. The minimum Gasteiger partial charge on any atom is -0.508 e. The number of carbonyl (C=O) groups is 5. The number of hydrogen-bond donors (Lipinski definition) is 6. The van der Waals surface area contributed by atoms with Gasteiger partial charge in [0.1, 0.15) is 28.6 Å². The first kappa shape index (κ1) is 33.2. The zero-order valence-corrected chi connectivity index (χ0v) is 27.1. The maximum atomic E-state index is 13.4. The molecule has 5 heterocycles. The van der Waals surface area contributed by atoms with Gasteiger partial charge >= 0.3 is 5.97 Å². The lowest BCUT2D eigenvalue weighted by Gasteiger charge is -2.49. The number of allylic oxidation sites excluding steroid dienone is 1. The van der Waals surface area contributed by atoms with E-state index in [9.17, 15) is 39.4 Å². The zero-order valence-electron chi connectivity index (χ0n) is 25.5. The molecule has 18 heteroatoms. The van der Waals surface area contributed by atoms with E-state index in [0.717, 1.165) is 21.8 Å². The highest BCUT2D eigenvalue weighted by atomic mass is 32.2. The first-order chi connectivity index (χ1) is 23.5. The zero-order chi connectivity index (χ0) is 34.8. The Morgan fingerprint density at radius 2 is 1.96 bits per heavy atom. The number of fused-ring (bicyclic) bond motifs is 1. The number of pyridine rings is 1. The van der Waals surface area contributed by atoms with Crippen LogP contribution in [0.15, 0.2) is 82.2 Å². The van der Waals surface area contributed by atoms with E-state index in [1.807, 2.05) is 6.07 Å². The highest BCUT2D eigenvalue weighted by molar-refractivity contribution is 8.00. The van der Waals surface area contributed by atoms with Crippen molar-refractivity contribution in [2.75, 3.05) is 23.3 Å². The Morgan fingerprint density at radius 1 is 1.18 bits per heavy atom. The summed E-state index contributed by atoms with van der Waals surface area (Å²) in [6, 6.07) is 8.64. The molecular formula is C31H29N8O8S2+. The molecule has 2 atom stereocenters. The lowest BCUT2D eigenvalue weighted by atomic mass is 10.0. The fraction of sp³-hybridized carbons (Fsp3) is 0.226. The van der Waals surface area contributed by atoms with E-state index in [2.05, 4.69) is 20.8 Å². The molecule has 6 rings (SSSR count). The molecule has 0 radical (unpaired) electrons. The van der Waals surface area contributed by atoms with Crippen molar-refractivity contribution in [2.24, 2.45) is 5.16 Å². The summed E-state index contributed by atoms with van der Waals surface area (Å²) in [5.41, 5.74) is 6.93. The number of oxime groups is 1. The Hall–Kier alpha value is -5.75. The summed E-state index contributed by atoms with van der Waals surface area (Å²) in [5, 5.41) is 38.0. The number of phenolic OH excluding ortho intramolecular Hbond substituents is 1. The number of rotatable bonds is 10. The van der Waals surface area contributed by atoms with E-state index < -0.39 is 34.9 Å². The maximum absolute atomic E-state index is 13.4. The molecule has 0 saturated carbocycles. The average Bonchev–Trinajstić information content (AvgIpc) is 3.65. The second kappa shape index (κ2) is 13.8. The first-order valence-corrected chi connectivity index (χ1v) is 16.7.